The molecule has 0 unspecified atom stereocenters. The predicted molar refractivity (Wildman–Crippen MR) is 53.4 cm³/mol. The summed E-state index contributed by atoms with van der Waals surface area (Å²) in [7, 11) is 0. The molecule has 0 aromatic carbocycles. The molecule has 1 N–H and O–H groups in total. The van der Waals surface area contributed by atoms with Gasteiger partial charge in [0.25, 0.3) is 0 Å². The average molecular weight is 199 g/mol. The first-order valence-electron chi connectivity index (χ1n) is 3.99. The summed E-state index contributed by atoms with van der Waals surface area (Å²) in [6.07, 6.45) is 3.80. The summed E-state index contributed by atoms with van der Waals surface area (Å²) in [6, 6.07) is 0. The topological polar surface area (TPSA) is 51.0 Å². The van der Waals surface area contributed by atoms with Crippen LogP contribution in [0.15, 0.2) is 17.2 Å². The van der Waals surface area contributed by atoms with Crippen LogP contribution in [0.3, 0.4) is 0 Å². The van der Waals surface area contributed by atoms with E-state index in [2.05, 4.69) is 22.0 Å². The highest BCUT2D eigenvalue weighted by Gasteiger charge is 2.03. The normalized spacial score (nSPS) is 10.2. The molecular formula is C8H13N3OS. The highest BCUT2D eigenvalue weighted by molar-refractivity contribution is 7.97. The van der Waals surface area contributed by atoms with E-state index in [-0.39, 0.29) is 0 Å². The lowest BCUT2D eigenvalue weighted by atomic mass is 10.5. The first kappa shape index (κ1) is 10.3. The lowest BCUT2D eigenvalue weighted by Gasteiger charge is -1.93. The third-order valence-corrected chi connectivity index (χ3v) is 1.90. The van der Waals surface area contributed by atoms with E-state index in [1.165, 1.54) is 0 Å². The Labute approximate surface area is 81.8 Å². The summed E-state index contributed by atoms with van der Waals surface area (Å²) in [5.74, 6) is 2.18. The first-order chi connectivity index (χ1) is 6.36. The van der Waals surface area contributed by atoms with Gasteiger partial charge in [-0.3, -0.25) is 0 Å². The number of rotatable bonds is 6. The van der Waals surface area contributed by atoms with Crippen molar-refractivity contribution in [3.63, 3.8) is 0 Å². The molecule has 0 radical (unpaired) electrons. The Hall–Kier alpha value is -0.810. The minimum Gasteiger partial charge on any atom is -0.338 e. The smallest absolute Gasteiger partial charge is 0.240 e. The third kappa shape index (κ3) is 3.61. The van der Waals surface area contributed by atoms with Crippen LogP contribution in [-0.4, -0.2) is 22.9 Å². The van der Waals surface area contributed by atoms with E-state index < -0.39 is 0 Å². The molecule has 0 amide bonds. The standard InChI is InChI=1S/C8H13N3OS/c1-3-4-9-5-8-10-7(6-13-2)11-12-8/h3,9H,1,4-6H2,2H3. The van der Waals surface area contributed by atoms with E-state index in [1.54, 1.807) is 17.8 Å². The van der Waals surface area contributed by atoms with E-state index in [4.69, 9.17) is 4.52 Å². The molecule has 0 spiro atoms. The molecule has 0 aliphatic heterocycles. The number of thioether (sulfide) groups is 1. The Balaban J connectivity index is 2.35. The van der Waals surface area contributed by atoms with Crippen LogP contribution in [0.5, 0.6) is 0 Å². The van der Waals surface area contributed by atoms with Gasteiger partial charge in [0.05, 0.1) is 12.3 Å². The SMILES string of the molecule is C=CCNCc1nc(CSC)no1. The van der Waals surface area contributed by atoms with E-state index in [1.807, 2.05) is 6.26 Å². The maximum atomic E-state index is 4.99. The van der Waals surface area contributed by atoms with Gasteiger partial charge in [0.1, 0.15) is 0 Å². The van der Waals surface area contributed by atoms with Gasteiger partial charge in [0.2, 0.25) is 5.89 Å². The van der Waals surface area contributed by atoms with Crippen LogP contribution >= 0.6 is 11.8 Å². The van der Waals surface area contributed by atoms with Crippen molar-refractivity contribution in [3.8, 4) is 0 Å². The van der Waals surface area contributed by atoms with Crippen LogP contribution in [0, 0.1) is 0 Å². The molecule has 0 atom stereocenters. The van der Waals surface area contributed by atoms with Crippen LogP contribution < -0.4 is 5.32 Å². The fourth-order valence-corrected chi connectivity index (χ4v) is 1.21. The van der Waals surface area contributed by atoms with Crippen molar-refractivity contribution >= 4 is 11.8 Å². The average Bonchev–Trinajstić information content (AvgIpc) is 2.54. The molecular weight excluding hydrogens is 186 g/mol. The zero-order valence-electron chi connectivity index (χ0n) is 7.62. The second-order valence-electron chi connectivity index (χ2n) is 2.46. The Kier molecular flexibility index (Phi) is 4.56. The molecule has 0 fully saturated rings. The molecule has 0 bridgehead atoms. The monoisotopic (exact) mass is 199 g/mol. The second-order valence-corrected chi connectivity index (χ2v) is 3.32. The van der Waals surface area contributed by atoms with Gasteiger partial charge in [-0.05, 0) is 6.26 Å². The van der Waals surface area contributed by atoms with Gasteiger partial charge in [-0.15, -0.1) is 6.58 Å². The molecule has 72 valence electrons. The van der Waals surface area contributed by atoms with E-state index in [0.29, 0.717) is 12.4 Å². The van der Waals surface area contributed by atoms with Gasteiger partial charge in [0.15, 0.2) is 5.82 Å². The number of nitrogens with zero attached hydrogens (tertiary/aromatic N) is 2. The third-order valence-electron chi connectivity index (χ3n) is 1.35. The highest BCUT2D eigenvalue weighted by atomic mass is 32.2. The molecule has 0 saturated heterocycles. The van der Waals surface area contributed by atoms with E-state index in [9.17, 15) is 0 Å². The van der Waals surface area contributed by atoms with Crippen molar-refractivity contribution in [1.82, 2.24) is 15.5 Å². The molecule has 4 nitrogen and oxygen atoms in total. The van der Waals surface area contributed by atoms with Crippen LogP contribution in [0.2, 0.25) is 0 Å². The molecule has 0 aliphatic rings. The van der Waals surface area contributed by atoms with Crippen LogP contribution in [0.4, 0.5) is 0 Å². The van der Waals surface area contributed by atoms with E-state index >= 15 is 0 Å². The van der Waals surface area contributed by atoms with Gasteiger partial charge in [-0.2, -0.15) is 16.7 Å². The number of aromatic nitrogens is 2. The Morgan fingerprint density at radius 3 is 3.23 bits per heavy atom. The second kappa shape index (κ2) is 5.77. The molecule has 0 saturated carbocycles. The summed E-state index contributed by atoms with van der Waals surface area (Å²) < 4.78 is 4.99. The van der Waals surface area contributed by atoms with Crippen LogP contribution in [0.1, 0.15) is 11.7 Å². The summed E-state index contributed by atoms with van der Waals surface area (Å²) >= 11 is 1.67. The molecule has 1 aromatic rings. The van der Waals surface area contributed by atoms with Gasteiger partial charge in [-0.25, -0.2) is 0 Å². The van der Waals surface area contributed by atoms with Crippen molar-refractivity contribution in [3.05, 3.63) is 24.4 Å². The Bertz CT molecular complexity index is 262. The molecule has 13 heavy (non-hydrogen) atoms. The minimum absolute atomic E-state index is 0.605. The van der Waals surface area contributed by atoms with Gasteiger partial charge < -0.3 is 9.84 Å². The highest BCUT2D eigenvalue weighted by Crippen LogP contribution is 2.04. The van der Waals surface area contributed by atoms with Crippen LogP contribution in [0.25, 0.3) is 0 Å². The minimum atomic E-state index is 0.605. The van der Waals surface area contributed by atoms with Crippen LogP contribution in [-0.2, 0) is 12.3 Å². The summed E-state index contributed by atoms with van der Waals surface area (Å²) in [5.41, 5.74) is 0. The number of nitrogens with one attached hydrogen (secondary N) is 1. The van der Waals surface area contributed by atoms with Crippen molar-refractivity contribution in [2.75, 3.05) is 12.8 Å². The molecule has 1 heterocycles. The fourth-order valence-electron chi connectivity index (χ4n) is 0.831. The van der Waals surface area contributed by atoms with Crippen molar-refractivity contribution < 1.29 is 4.52 Å². The lowest BCUT2D eigenvalue weighted by molar-refractivity contribution is 0.366. The number of hydrogen-bond donors (Lipinski definition) is 1. The van der Waals surface area contributed by atoms with Crippen molar-refractivity contribution in [1.29, 1.82) is 0 Å². The first-order valence-corrected chi connectivity index (χ1v) is 5.38. The predicted octanol–water partition coefficient (Wildman–Crippen LogP) is 1.21. The largest absolute Gasteiger partial charge is 0.338 e. The van der Waals surface area contributed by atoms with Gasteiger partial charge >= 0.3 is 0 Å². The molecule has 0 aliphatic carbocycles. The molecule has 1 aromatic heterocycles. The molecule has 5 heteroatoms. The fraction of sp³-hybridized carbons (Fsp3) is 0.500. The van der Waals surface area contributed by atoms with Crippen molar-refractivity contribution in [2.24, 2.45) is 0 Å². The Morgan fingerprint density at radius 1 is 1.69 bits per heavy atom. The van der Waals surface area contributed by atoms with E-state index in [0.717, 1.165) is 18.1 Å². The zero-order valence-corrected chi connectivity index (χ0v) is 8.43. The number of hydrogen-bond acceptors (Lipinski definition) is 5. The Morgan fingerprint density at radius 2 is 2.54 bits per heavy atom. The summed E-state index contributed by atoms with van der Waals surface area (Å²) in [5, 5.41) is 6.90. The zero-order chi connectivity index (χ0) is 9.52. The van der Waals surface area contributed by atoms with Gasteiger partial charge in [-0.1, -0.05) is 11.2 Å². The quantitative estimate of drug-likeness (QED) is 0.551. The van der Waals surface area contributed by atoms with Crippen molar-refractivity contribution in [2.45, 2.75) is 12.3 Å². The summed E-state index contributed by atoms with van der Waals surface area (Å²) in [4.78, 5) is 4.18. The summed E-state index contributed by atoms with van der Waals surface area (Å²) in [6.45, 7) is 4.95. The maximum absolute atomic E-state index is 4.99. The maximum Gasteiger partial charge on any atom is 0.240 e. The van der Waals surface area contributed by atoms with Gasteiger partial charge in [0, 0.05) is 6.54 Å². The molecule has 1 rings (SSSR count). The lowest BCUT2D eigenvalue weighted by Crippen LogP contribution is -2.12.